The summed E-state index contributed by atoms with van der Waals surface area (Å²) in [5.74, 6) is 0.401. The Bertz CT molecular complexity index is 1390. The van der Waals surface area contributed by atoms with E-state index in [1.807, 2.05) is 19.1 Å². The molecule has 3 atom stereocenters. The van der Waals surface area contributed by atoms with E-state index in [1.54, 1.807) is 33.5 Å². The van der Waals surface area contributed by atoms with Gasteiger partial charge < -0.3 is 4.74 Å². The SMILES string of the molecule is Cc1c(Cl)ccc2sc(N(CC3CCCO3)C(=O)c3ccc(S(=O)(=O)N4CC(C)CC(C)C4)cc3)nc12. The maximum Gasteiger partial charge on any atom is 0.260 e. The Morgan fingerprint density at radius 3 is 2.51 bits per heavy atom. The lowest BCUT2D eigenvalue weighted by Crippen LogP contribution is -2.42. The number of carbonyl (C=O) groups excluding carboxylic acids is 1. The van der Waals surface area contributed by atoms with Gasteiger partial charge in [0.05, 0.1) is 27.8 Å². The minimum absolute atomic E-state index is 0.0663. The summed E-state index contributed by atoms with van der Waals surface area (Å²) in [6, 6.07) is 10.0. The van der Waals surface area contributed by atoms with Crippen LogP contribution in [0.15, 0.2) is 41.3 Å². The second kappa shape index (κ2) is 10.6. The molecule has 0 saturated carbocycles. The summed E-state index contributed by atoms with van der Waals surface area (Å²) in [6.07, 6.45) is 2.80. The van der Waals surface area contributed by atoms with Gasteiger partial charge in [-0.05, 0) is 80.0 Å². The number of thiazole rings is 1. The molecule has 0 aliphatic carbocycles. The molecule has 2 aliphatic heterocycles. The van der Waals surface area contributed by atoms with Crippen molar-refractivity contribution in [3.8, 4) is 0 Å². The third-order valence-corrected chi connectivity index (χ3v) is 10.5. The maximum absolute atomic E-state index is 13.8. The van der Waals surface area contributed by atoms with Crippen molar-refractivity contribution in [2.75, 3.05) is 31.1 Å². The van der Waals surface area contributed by atoms with Gasteiger partial charge in [-0.25, -0.2) is 13.4 Å². The number of hydrogen-bond donors (Lipinski definition) is 0. The van der Waals surface area contributed by atoms with E-state index in [-0.39, 0.29) is 16.9 Å². The van der Waals surface area contributed by atoms with Crippen LogP contribution < -0.4 is 4.90 Å². The van der Waals surface area contributed by atoms with Crippen molar-refractivity contribution in [3.63, 3.8) is 0 Å². The molecule has 3 aromatic rings. The van der Waals surface area contributed by atoms with E-state index < -0.39 is 10.0 Å². The normalized spacial score (nSPS) is 23.0. The Hall–Kier alpha value is -2.04. The summed E-state index contributed by atoms with van der Waals surface area (Å²) >= 11 is 7.75. The van der Waals surface area contributed by atoms with Crippen molar-refractivity contribution in [1.29, 1.82) is 0 Å². The second-order valence-electron chi connectivity index (χ2n) is 10.4. The number of anilines is 1. The Balaban J connectivity index is 1.44. The average Bonchev–Trinajstić information content (AvgIpc) is 3.54. The van der Waals surface area contributed by atoms with Crippen LogP contribution in [-0.4, -0.2) is 56.0 Å². The molecule has 3 unspecified atom stereocenters. The van der Waals surface area contributed by atoms with Gasteiger partial charge in [-0.3, -0.25) is 9.69 Å². The first-order chi connectivity index (χ1) is 17.6. The molecular weight excluding hydrogens is 530 g/mol. The number of sulfonamides is 1. The molecule has 2 aromatic carbocycles. The lowest BCUT2D eigenvalue weighted by atomic mass is 9.94. The average molecular weight is 562 g/mol. The van der Waals surface area contributed by atoms with Crippen LogP contribution in [0.25, 0.3) is 10.2 Å². The number of piperidine rings is 1. The first-order valence-electron chi connectivity index (χ1n) is 12.7. The van der Waals surface area contributed by atoms with E-state index in [1.165, 1.54) is 11.3 Å². The molecule has 0 spiro atoms. The number of rotatable bonds is 6. The summed E-state index contributed by atoms with van der Waals surface area (Å²) in [5, 5.41) is 1.21. The van der Waals surface area contributed by atoms with Crippen molar-refractivity contribution in [3.05, 3.63) is 52.5 Å². The lowest BCUT2D eigenvalue weighted by molar-refractivity contribution is 0.0917. The highest BCUT2D eigenvalue weighted by Crippen LogP contribution is 2.35. The first kappa shape index (κ1) is 26.6. The molecule has 0 N–H and O–H groups in total. The van der Waals surface area contributed by atoms with Crippen molar-refractivity contribution < 1.29 is 17.9 Å². The topological polar surface area (TPSA) is 79.8 Å². The van der Waals surface area contributed by atoms with E-state index >= 15 is 0 Å². The van der Waals surface area contributed by atoms with E-state index in [9.17, 15) is 13.2 Å². The number of ether oxygens (including phenoxy) is 1. The molecule has 2 saturated heterocycles. The molecule has 7 nitrogen and oxygen atoms in total. The largest absolute Gasteiger partial charge is 0.376 e. The molecule has 1 amide bonds. The fourth-order valence-electron chi connectivity index (χ4n) is 5.32. The van der Waals surface area contributed by atoms with E-state index in [2.05, 4.69) is 13.8 Å². The number of fused-ring (bicyclic) bond motifs is 1. The Kier molecular flexibility index (Phi) is 7.62. The Labute approximate surface area is 227 Å². The van der Waals surface area contributed by atoms with Crippen molar-refractivity contribution in [1.82, 2.24) is 9.29 Å². The maximum atomic E-state index is 13.8. The van der Waals surface area contributed by atoms with Crippen LogP contribution in [0.1, 0.15) is 49.0 Å². The van der Waals surface area contributed by atoms with Crippen molar-refractivity contribution >= 4 is 54.2 Å². The standard InChI is InChI=1S/C27H32ClN3O4S2/c1-17-13-18(2)15-30(14-17)37(33,34)22-8-6-20(7-9-22)26(32)31(16-21-5-4-12-35-21)27-29-25-19(3)23(28)10-11-24(25)36-27/h6-11,17-18,21H,4-5,12-16H2,1-3H3. The van der Waals surface area contributed by atoms with Crippen LogP contribution in [0.2, 0.25) is 5.02 Å². The fourth-order valence-corrected chi connectivity index (χ4v) is 8.19. The van der Waals surface area contributed by atoms with Gasteiger partial charge in [0.2, 0.25) is 10.0 Å². The number of aryl methyl sites for hydroxylation is 1. The molecule has 5 rings (SSSR count). The number of carbonyl (C=O) groups is 1. The molecule has 3 heterocycles. The zero-order valence-electron chi connectivity index (χ0n) is 21.3. The summed E-state index contributed by atoms with van der Waals surface area (Å²) in [6.45, 7) is 8.19. The smallest absolute Gasteiger partial charge is 0.260 e. The molecular formula is C27H32ClN3O4S2. The molecule has 198 valence electrons. The van der Waals surface area contributed by atoms with Gasteiger partial charge in [0, 0.05) is 30.3 Å². The monoisotopic (exact) mass is 561 g/mol. The fraction of sp³-hybridized carbons (Fsp3) is 0.481. The number of aromatic nitrogens is 1. The van der Waals surface area contributed by atoms with Gasteiger partial charge >= 0.3 is 0 Å². The van der Waals surface area contributed by atoms with Gasteiger partial charge in [0.15, 0.2) is 5.13 Å². The molecule has 37 heavy (non-hydrogen) atoms. The number of amides is 1. The highest BCUT2D eigenvalue weighted by Gasteiger charge is 2.32. The predicted octanol–water partition coefficient (Wildman–Crippen LogP) is 5.75. The van der Waals surface area contributed by atoms with Gasteiger partial charge in [-0.2, -0.15) is 4.31 Å². The van der Waals surface area contributed by atoms with Crippen LogP contribution >= 0.6 is 22.9 Å². The number of halogens is 1. The Morgan fingerprint density at radius 1 is 1.16 bits per heavy atom. The quantitative estimate of drug-likeness (QED) is 0.383. The zero-order chi connectivity index (χ0) is 26.3. The number of benzene rings is 2. The first-order valence-corrected chi connectivity index (χ1v) is 15.4. The van der Waals surface area contributed by atoms with Crippen molar-refractivity contribution in [2.45, 2.75) is 51.0 Å². The lowest BCUT2D eigenvalue weighted by Gasteiger charge is -2.34. The van der Waals surface area contributed by atoms with E-state index in [4.69, 9.17) is 21.3 Å². The van der Waals surface area contributed by atoms with Crippen LogP contribution in [0.5, 0.6) is 0 Å². The van der Waals surface area contributed by atoms with Crippen LogP contribution in [0.3, 0.4) is 0 Å². The van der Waals surface area contributed by atoms with E-state index in [0.717, 1.165) is 35.0 Å². The Morgan fingerprint density at radius 2 is 1.86 bits per heavy atom. The van der Waals surface area contributed by atoms with Crippen LogP contribution in [-0.2, 0) is 14.8 Å². The van der Waals surface area contributed by atoms with E-state index in [0.29, 0.717) is 53.8 Å². The highest BCUT2D eigenvalue weighted by atomic mass is 35.5. The van der Waals surface area contributed by atoms with Crippen LogP contribution in [0.4, 0.5) is 5.13 Å². The highest BCUT2D eigenvalue weighted by molar-refractivity contribution is 7.89. The van der Waals surface area contributed by atoms with Gasteiger partial charge in [0.1, 0.15) is 0 Å². The minimum atomic E-state index is -3.62. The molecule has 2 aliphatic rings. The summed E-state index contributed by atoms with van der Waals surface area (Å²) in [7, 11) is -3.62. The third-order valence-electron chi connectivity index (χ3n) is 7.20. The van der Waals surface area contributed by atoms with Crippen LogP contribution in [0, 0.1) is 18.8 Å². The van der Waals surface area contributed by atoms with Gasteiger partial charge in [-0.15, -0.1) is 0 Å². The van der Waals surface area contributed by atoms with Gasteiger partial charge in [0.25, 0.3) is 5.91 Å². The summed E-state index contributed by atoms with van der Waals surface area (Å²) in [5.41, 5.74) is 2.07. The van der Waals surface area contributed by atoms with Crippen molar-refractivity contribution in [2.24, 2.45) is 11.8 Å². The molecule has 10 heteroatoms. The summed E-state index contributed by atoms with van der Waals surface area (Å²) < 4.78 is 35.0. The summed E-state index contributed by atoms with van der Waals surface area (Å²) in [4.78, 5) is 20.4. The molecule has 2 fully saturated rings. The predicted molar refractivity (Wildman–Crippen MR) is 148 cm³/mol. The molecule has 0 bridgehead atoms. The minimum Gasteiger partial charge on any atom is -0.376 e. The molecule has 0 radical (unpaired) electrons. The third kappa shape index (κ3) is 5.43. The number of nitrogens with zero attached hydrogens (tertiary/aromatic N) is 3. The second-order valence-corrected chi connectivity index (χ2v) is 13.7. The van der Waals surface area contributed by atoms with Gasteiger partial charge in [-0.1, -0.05) is 36.8 Å². The zero-order valence-corrected chi connectivity index (χ0v) is 23.7. The molecule has 1 aromatic heterocycles. The number of hydrogen-bond acceptors (Lipinski definition) is 6.